The highest BCUT2D eigenvalue weighted by molar-refractivity contribution is 9.10. The van der Waals surface area contributed by atoms with Gasteiger partial charge in [0.1, 0.15) is 11.8 Å². The van der Waals surface area contributed by atoms with E-state index in [1.807, 2.05) is 0 Å². The van der Waals surface area contributed by atoms with Gasteiger partial charge in [-0.05, 0) is 15.9 Å². The Morgan fingerprint density at radius 3 is 2.71 bits per heavy atom. The summed E-state index contributed by atoms with van der Waals surface area (Å²) in [5.41, 5.74) is -0.409. The van der Waals surface area contributed by atoms with Gasteiger partial charge in [-0.2, -0.15) is 5.26 Å². The van der Waals surface area contributed by atoms with Gasteiger partial charge in [0.15, 0.2) is 0 Å². The molecule has 0 radical (unpaired) electrons. The number of nitrogens with zero attached hydrogens (tertiary/aromatic N) is 2. The number of halogens is 3. The lowest BCUT2D eigenvalue weighted by molar-refractivity contribution is 0.144. The molecule has 6 heteroatoms. The molecule has 1 rings (SSSR count). The molecule has 0 unspecified atom stereocenters. The summed E-state index contributed by atoms with van der Waals surface area (Å²) in [6, 6.07) is 3.05. The van der Waals surface area contributed by atoms with E-state index in [4.69, 9.17) is 5.26 Å². The Morgan fingerprint density at radius 1 is 1.64 bits per heavy atom. The maximum absolute atomic E-state index is 12.4. The van der Waals surface area contributed by atoms with Crippen LogP contribution in [0.2, 0.25) is 0 Å². The minimum atomic E-state index is -2.74. The van der Waals surface area contributed by atoms with Crippen molar-refractivity contribution in [1.82, 2.24) is 4.98 Å². The molecule has 0 amide bonds. The first-order valence-corrected chi connectivity index (χ1v) is 4.32. The molecule has 0 saturated carbocycles. The highest BCUT2D eigenvalue weighted by Crippen LogP contribution is 2.30. The molecule has 0 atom stereocenters. The molecule has 0 aromatic carbocycles. The van der Waals surface area contributed by atoms with Crippen LogP contribution in [0.15, 0.2) is 10.5 Å². The van der Waals surface area contributed by atoms with Gasteiger partial charge in [0, 0.05) is 6.07 Å². The first kappa shape index (κ1) is 10.9. The van der Waals surface area contributed by atoms with E-state index < -0.39 is 12.1 Å². The normalized spacial score (nSPS) is 10.0. The maximum atomic E-state index is 12.4. The fourth-order valence-electron chi connectivity index (χ4n) is 0.855. The summed E-state index contributed by atoms with van der Waals surface area (Å²) in [4.78, 5) is 3.53. The molecular weight excluding hydrogens is 258 g/mol. The van der Waals surface area contributed by atoms with Crippen LogP contribution in [0.1, 0.15) is 17.7 Å². The third kappa shape index (κ3) is 1.99. The second-order valence-corrected chi connectivity index (χ2v) is 3.12. The zero-order chi connectivity index (χ0) is 10.7. The van der Waals surface area contributed by atoms with Crippen LogP contribution in [0.5, 0.6) is 5.88 Å². The van der Waals surface area contributed by atoms with Crippen molar-refractivity contribution in [3.8, 4) is 11.9 Å². The average molecular weight is 263 g/mol. The molecule has 1 heterocycles. The second-order valence-electron chi connectivity index (χ2n) is 2.32. The van der Waals surface area contributed by atoms with E-state index in [-0.39, 0.29) is 15.9 Å². The largest absolute Gasteiger partial charge is 0.481 e. The molecule has 74 valence electrons. The van der Waals surface area contributed by atoms with Crippen molar-refractivity contribution in [3.63, 3.8) is 0 Å². The van der Waals surface area contributed by atoms with Crippen molar-refractivity contribution >= 4 is 15.9 Å². The second kappa shape index (κ2) is 4.33. The Morgan fingerprint density at radius 2 is 2.29 bits per heavy atom. The molecule has 0 N–H and O–H groups in total. The van der Waals surface area contributed by atoms with Crippen LogP contribution in [0, 0.1) is 11.3 Å². The highest BCUT2D eigenvalue weighted by atomic mass is 79.9. The van der Waals surface area contributed by atoms with Crippen molar-refractivity contribution in [1.29, 1.82) is 5.26 Å². The molecule has 0 aliphatic carbocycles. The molecule has 14 heavy (non-hydrogen) atoms. The predicted molar refractivity (Wildman–Crippen MR) is 48.2 cm³/mol. The van der Waals surface area contributed by atoms with Crippen LogP contribution < -0.4 is 4.74 Å². The SMILES string of the molecule is COc1cc(C#N)c(Br)c(C(F)F)n1. The fourth-order valence-corrected chi connectivity index (χ4v) is 1.32. The molecule has 1 aromatic heterocycles. The number of hydrogen-bond donors (Lipinski definition) is 0. The summed E-state index contributed by atoms with van der Waals surface area (Å²) in [6.07, 6.45) is -2.74. The summed E-state index contributed by atoms with van der Waals surface area (Å²) in [7, 11) is 1.30. The highest BCUT2D eigenvalue weighted by Gasteiger charge is 2.18. The molecule has 0 fully saturated rings. The minimum absolute atomic E-state index is 0.0000463. The number of methoxy groups -OCH3 is 1. The zero-order valence-electron chi connectivity index (χ0n) is 7.09. The van der Waals surface area contributed by atoms with Gasteiger partial charge in [0.2, 0.25) is 5.88 Å². The van der Waals surface area contributed by atoms with Crippen molar-refractivity contribution in [2.45, 2.75) is 6.43 Å². The number of aromatic nitrogens is 1. The maximum Gasteiger partial charge on any atom is 0.281 e. The number of nitriles is 1. The smallest absolute Gasteiger partial charge is 0.281 e. The molecule has 1 aromatic rings. The molecule has 0 spiro atoms. The summed E-state index contributed by atoms with van der Waals surface area (Å²) in [5, 5.41) is 8.64. The van der Waals surface area contributed by atoms with Gasteiger partial charge >= 0.3 is 0 Å². The van der Waals surface area contributed by atoms with E-state index in [2.05, 4.69) is 25.7 Å². The number of pyridine rings is 1. The van der Waals surface area contributed by atoms with E-state index in [0.717, 1.165) is 0 Å². The molecule has 0 aliphatic rings. The number of rotatable bonds is 2. The van der Waals surface area contributed by atoms with E-state index in [1.165, 1.54) is 13.2 Å². The lowest BCUT2D eigenvalue weighted by atomic mass is 10.2. The Bertz CT molecular complexity index is 390. The standard InChI is InChI=1S/C8H5BrF2N2O/c1-14-5-2-4(3-12)6(9)7(13-5)8(10)11/h2,8H,1H3. The summed E-state index contributed by atoms with van der Waals surface area (Å²) >= 11 is 2.88. The zero-order valence-corrected chi connectivity index (χ0v) is 8.68. The first-order valence-electron chi connectivity index (χ1n) is 3.52. The third-order valence-corrected chi connectivity index (χ3v) is 2.33. The van der Waals surface area contributed by atoms with Gasteiger partial charge in [-0.3, -0.25) is 0 Å². The monoisotopic (exact) mass is 262 g/mol. The molecule has 0 bridgehead atoms. The summed E-state index contributed by atoms with van der Waals surface area (Å²) in [6.45, 7) is 0. The van der Waals surface area contributed by atoms with Gasteiger partial charge in [-0.1, -0.05) is 0 Å². The molecular formula is C8H5BrF2N2O. The van der Waals surface area contributed by atoms with Crippen LogP contribution in [0.25, 0.3) is 0 Å². The number of ether oxygens (including phenoxy) is 1. The van der Waals surface area contributed by atoms with Gasteiger partial charge in [0.05, 0.1) is 17.1 Å². The third-order valence-electron chi connectivity index (χ3n) is 1.50. The topological polar surface area (TPSA) is 45.9 Å². The van der Waals surface area contributed by atoms with Crippen molar-refractivity contribution in [2.75, 3.05) is 7.11 Å². The first-order chi connectivity index (χ1) is 6.60. The lowest BCUT2D eigenvalue weighted by Crippen LogP contribution is -1.98. The summed E-state index contributed by atoms with van der Waals surface area (Å²) in [5.74, 6) is 0.0000463. The van der Waals surface area contributed by atoms with Gasteiger partial charge in [0.25, 0.3) is 6.43 Å². The van der Waals surface area contributed by atoms with Crippen LogP contribution in [0.3, 0.4) is 0 Å². The Hall–Kier alpha value is -1.22. The molecule has 0 aliphatic heterocycles. The number of hydrogen-bond acceptors (Lipinski definition) is 3. The van der Waals surface area contributed by atoms with Gasteiger partial charge in [-0.25, -0.2) is 13.8 Å². The van der Waals surface area contributed by atoms with E-state index in [9.17, 15) is 8.78 Å². The predicted octanol–water partition coefficient (Wildman–Crippen LogP) is 2.66. The van der Waals surface area contributed by atoms with Crippen molar-refractivity contribution < 1.29 is 13.5 Å². The molecule has 3 nitrogen and oxygen atoms in total. The van der Waals surface area contributed by atoms with Crippen molar-refractivity contribution in [2.24, 2.45) is 0 Å². The number of alkyl halides is 2. The van der Waals surface area contributed by atoms with Crippen LogP contribution >= 0.6 is 15.9 Å². The quantitative estimate of drug-likeness (QED) is 0.823. The fraction of sp³-hybridized carbons (Fsp3) is 0.250. The van der Waals surface area contributed by atoms with Crippen LogP contribution in [0.4, 0.5) is 8.78 Å². The Kier molecular flexibility index (Phi) is 3.36. The van der Waals surface area contributed by atoms with E-state index in [1.54, 1.807) is 6.07 Å². The van der Waals surface area contributed by atoms with Crippen molar-refractivity contribution in [3.05, 3.63) is 21.8 Å². The minimum Gasteiger partial charge on any atom is -0.481 e. The lowest BCUT2D eigenvalue weighted by Gasteiger charge is -2.06. The van der Waals surface area contributed by atoms with E-state index >= 15 is 0 Å². The van der Waals surface area contributed by atoms with Crippen LogP contribution in [-0.4, -0.2) is 12.1 Å². The average Bonchev–Trinajstić information content (AvgIpc) is 2.17. The van der Waals surface area contributed by atoms with Gasteiger partial charge < -0.3 is 4.74 Å². The Balaban J connectivity index is 3.36. The van der Waals surface area contributed by atoms with Gasteiger partial charge in [-0.15, -0.1) is 0 Å². The van der Waals surface area contributed by atoms with Crippen LogP contribution in [-0.2, 0) is 0 Å². The Labute approximate surface area is 87.5 Å². The summed E-state index contributed by atoms with van der Waals surface area (Å²) < 4.78 is 29.5. The van der Waals surface area contributed by atoms with E-state index in [0.29, 0.717) is 0 Å². The molecule has 0 saturated heterocycles.